The number of carbonyl (C=O) groups is 2. The van der Waals surface area contributed by atoms with E-state index < -0.39 is 34.7 Å². The first-order valence-corrected chi connectivity index (χ1v) is 7.97. The zero-order valence-corrected chi connectivity index (χ0v) is 14.1. The zero-order valence-electron chi connectivity index (χ0n) is 14.1. The number of anilines is 2. The summed E-state index contributed by atoms with van der Waals surface area (Å²) in [6, 6.07) is 14.5. The van der Waals surface area contributed by atoms with Crippen LogP contribution in [0.1, 0.15) is 20.7 Å². The van der Waals surface area contributed by atoms with Crippen LogP contribution in [0.2, 0.25) is 0 Å². The predicted octanol–water partition coefficient (Wildman–Crippen LogP) is 4.75. The fourth-order valence-corrected chi connectivity index (χ4v) is 2.37. The molecule has 0 aliphatic carbocycles. The zero-order chi connectivity index (χ0) is 20.3. The Morgan fingerprint density at radius 1 is 0.643 bits per heavy atom. The van der Waals surface area contributed by atoms with Gasteiger partial charge in [-0.2, -0.15) is 0 Å². The second-order valence-corrected chi connectivity index (χ2v) is 5.70. The Balaban J connectivity index is 1.71. The molecule has 3 rings (SSSR count). The molecule has 8 heteroatoms. The van der Waals surface area contributed by atoms with Gasteiger partial charge >= 0.3 is 0 Å². The lowest BCUT2D eigenvalue weighted by atomic mass is 10.1. The van der Waals surface area contributed by atoms with E-state index >= 15 is 0 Å². The lowest BCUT2D eigenvalue weighted by Crippen LogP contribution is -2.16. The SMILES string of the molecule is O=C(Nc1ccc(NC(=O)c2cc(F)c(F)c(F)c2F)cc1)c1ccccc1. The number of benzene rings is 3. The Morgan fingerprint density at radius 3 is 1.75 bits per heavy atom. The summed E-state index contributed by atoms with van der Waals surface area (Å²) in [7, 11) is 0. The van der Waals surface area contributed by atoms with E-state index in [4.69, 9.17) is 0 Å². The first kappa shape index (κ1) is 19.1. The van der Waals surface area contributed by atoms with E-state index in [1.807, 2.05) is 0 Å². The fraction of sp³-hybridized carbons (Fsp3) is 0. The Kier molecular flexibility index (Phi) is 5.39. The smallest absolute Gasteiger partial charge is 0.258 e. The summed E-state index contributed by atoms with van der Waals surface area (Å²) in [5, 5.41) is 4.89. The number of amides is 2. The summed E-state index contributed by atoms with van der Waals surface area (Å²) in [5.74, 6) is -9.02. The van der Waals surface area contributed by atoms with Crippen LogP contribution in [-0.4, -0.2) is 11.8 Å². The lowest BCUT2D eigenvalue weighted by Gasteiger charge is -2.09. The third kappa shape index (κ3) is 4.01. The molecule has 0 fully saturated rings. The van der Waals surface area contributed by atoms with E-state index in [1.54, 1.807) is 30.3 Å². The minimum Gasteiger partial charge on any atom is -0.322 e. The van der Waals surface area contributed by atoms with E-state index in [-0.39, 0.29) is 17.7 Å². The van der Waals surface area contributed by atoms with Crippen LogP contribution in [0.25, 0.3) is 0 Å². The molecular weight excluding hydrogens is 376 g/mol. The van der Waals surface area contributed by atoms with Crippen LogP contribution in [0.15, 0.2) is 60.7 Å². The molecule has 0 atom stereocenters. The molecule has 3 aromatic carbocycles. The molecule has 3 aromatic rings. The summed E-state index contributed by atoms with van der Waals surface area (Å²) in [6.07, 6.45) is 0. The van der Waals surface area contributed by atoms with Gasteiger partial charge in [0.15, 0.2) is 23.3 Å². The Morgan fingerprint density at radius 2 is 1.18 bits per heavy atom. The minimum atomic E-state index is -2.07. The molecule has 0 unspecified atom stereocenters. The Bertz CT molecular complexity index is 1040. The van der Waals surface area contributed by atoms with E-state index in [1.165, 1.54) is 24.3 Å². The number of rotatable bonds is 4. The second-order valence-electron chi connectivity index (χ2n) is 5.70. The van der Waals surface area contributed by atoms with Crippen LogP contribution in [0.4, 0.5) is 28.9 Å². The highest BCUT2D eigenvalue weighted by Crippen LogP contribution is 2.21. The second kappa shape index (κ2) is 7.91. The van der Waals surface area contributed by atoms with Crippen molar-refractivity contribution in [2.45, 2.75) is 0 Å². The standard InChI is InChI=1S/C20H12F4N2O2/c21-15-10-14(16(22)18(24)17(15)23)20(28)26-13-8-6-12(7-9-13)25-19(27)11-4-2-1-3-5-11/h1-10H,(H,25,27)(H,26,28). The largest absolute Gasteiger partial charge is 0.322 e. The molecule has 0 aromatic heterocycles. The average Bonchev–Trinajstić information content (AvgIpc) is 2.71. The van der Waals surface area contributed by atoms with Crippen LogP contribution in [0, 0.1) is 23.3 Å². The summed E-state index contributed by atoms with van der Waals surface area (Å²) in [6.45, 7) is 0. The van der Waals surface area contributed by atoms with Crippen molar-refractivity contribution in [3.05, 3.63) is 95.1 Å². The van der Waals surface area contributed by atoms with Crippen molar-refractivity contribution < 1.29 is 27.2 Å². The van der Waals surface area contributed by atoms with E-state index in [0.717, 1.165) is 0 Å². The van der Waals surface area contributed by atoms with Gasteiger partial charge in [0.1, 0.15) is 0 Å². The summed E-state index contributed by atoms with van der Waals surface area (Å²) in [4.78, 5) is 24.1. The minimum absolute atomic E-state index is 0.173. The van der Waals surface area contributed by atoms with Gasteiger partial charge in [0.25, 0.3) is 11.8 Å². The number of hydrogen-bond donors (Lipinski definition) is 2. The average molecular weight is 388 g/mol. The van der Waals surface area contributed by atoms with Crippen molar-refractivity contribution in [1.29, 1.82) is 0 Å². The van der Waals surface area contributed by atoms with Crippen LogP contribution < -0.4 is 10.6 Å². The molecule has 28 heavy (non-hydrogen) atoms. The molecule has 0 radical (unpaired) electrons. The van der Waals surface area contributed by atoms with Crippen molar-refractivity contribution in [2.75, 3.05) is 10.6 Å². The third-order valence-corrected chi connectivity index (χ3v) is 3.78. The summed E-state index contributed by atoms with van der Waals surface area (Å²) >= 11 is 0. The van der Waals surface area contributed by atoms with Crippen molar-refractivity contribution >= 4 is 23.2 Å². The molecule has 0 aliphatic heterocycles. The van der Waals surface area contributed by atoms with Gasteiger partial charge in [0, 0.05) is 16.9 Å². The van der Waals surface area contributed by atoms with Crippen LogP contribution in [-0.2, 0) is 0 Å². The van der Waals surface area contributed by atoms with Gasteiger partial charge in [0.05, 0.1) is 5.56 Å². The van der Waals surface area contributed by atoms with Gasteiger partial charge in [-0.05, 0) is 42.5 Å². The summed E-state index contributed by atoms with van der Waals surface area (Å²) < 4.78 is 53.1. The number of halogens is 4. The molecule has 0 saturated heterocycles. The van der Waals surface area contributed by atoms with Gasteiger partial charge in [-0.25, -0.2) is 17.6 Å². The molecule has 4 nitrogen and oxygen atoms in total. The molecule has 142 valence electrons. The van der Waals surface area contributed by atoms with Crippen LogP contribution >= 0.6 is 0 Å². The first-order chi connectivity index (χ1) is 13.4. The van der Waals surface area contributed by atoms with Crippen LogP contribution in [0.3, 0.4) is 0 Å². The van der Waals surface area contributed by atoms with Crippen molar-refractivity contribution in [2.24, 2.45) is 0 Å². The fourth-order valence-electron chi connectivity index (χ4n) is 2.37. The molecule has 0 bridgehead atoms. The quantitative estimate of drug-likeness (QED) is 0.385. The van der Waals surface area contributed by atoms with Gasteiger partial charge < -0.3 is 10.6 Å². The highest BCUT2D eigenvalue weighted by molar-refractivity contribution is 6.05. The highest BCUT2D eigenvalue weighted by atomic mass is 19.2. The lowest BCUT2D eigenvalue weighted by molar-refractivity contribution is 0.101. The number of carbonyl (C=O) groups excluding carboxylic acids is 2. The first-order valence-electron chi connectivity index (χ1n) is 7.97. The molecule has 0 spiro atoms. The molecule has 0 aliphatic rings. The number of nitrogens with one attached hydrogen (secondary N) is 2. The van der Waals surface area contributed by atoms with Crippen molar-refractivity contribution in [1.82, 2.24) is 0 Å². The molecule has 0 saturated carbocycles. The van der Waals surface area contributed by atoms with Crippen molar-refractivity contribution in [3.63, 3.8) is 0 Å². The maximum atomic E-state index is 13.7. The van der Waals surface area contributed by atoms with E-state index in [2.05, 4.69) is 10.6 Å². The topological polar surface area (TPSA) is 58.2 Å². The normalized spacial score (nSPS) is 10.4. The van der Waals surface area contributed by atoms with Gasteiger partial charge in [0.2, 0.25) is 0 Å². The predicted molar refractivity (Wildman–Crippen MR) is 95.1 cm³/mol. The van der Waals surface area contributed by atoms with Crippen LogP contribution in [0.5, 0.6) is 0 Å². The number of hydrogen-bond acceptors (Lipinski definition) is 2. The Labute approximate surface area is 156 Å². The van der Waals surface area contributed by atoms with Gasteiger partial charge in [-0.15, -0.1) is 0 Å². The molecule has 2 amide bonds. The van der Waals surface area contributed by atoms with Gasteiger partial charge in [-0.1, -0.05) is 18.2 Å². The van der Waals surface area contributed by atoms with Gasteiger partial charge in [-0.3, -0.25) is 9.59 Å². The summed E-state index contributed by atoms with van der Waals surface area (Å²) in [5.41, 5.74) is 0.0812. The molecule has 0 heterocycles. The molecular formula is C20H12F4N2O2. The van der Waals surface area contributed by atoms with E-state index in [0.29, 0.717) is 11.3 Å². The highest BCUT2D eigenvalue weighted by Gasteiger charge is 2.23. The Hall–Kier alpha value is -3.68. The molecule has 2 N–H and O–H groups in total. The maximum absolute atomic E-state index is 13.7. The maximum Gasteiger partial charge on any atom is 0.258 e. The third-order valence-electron chi connectivity index (χ3n) is 3.78. The monoisotopic (exact) mass is 388 g/mol. The van der Waals surface area contributed by atoms with Crippen molar-refractivity contribution in [3.8, 4) is 0 Å². The van der Waals surface area contributed by atoms with E-state index in [9.17, 15) is 27.2 Å².